The number of hydrogen-bond acceptors (Lipinski definition) is 3. The van der Waals surface area contributed by atoms with Crippen molar-refractivity contribution in [2.45, 2.75) is 44.7 Å². The third-order valence-corrected chi connectivity index (χ3v) is 3.44. The quantitative estimate of drug-likeness (QED) is 0.874. The first-order valence-electron chi connectivity index (χ1n) is 6.46. The number of carbonyl (C=O) groups excluding carboxylic acids is 1. The molecular weight excluding hydrogens is 228 g/mol. The molecule has 1 saturated carbocycles. The van der Waals surface area contributed by atoms with E-state index < -0.39 is 0 Å². The second kappa shape index (κ2) is 6.20. The Morgan fingerprint density at radius 3 is 2.89 bits per heavy atom. The molecule has 0 saturated heterocycles. The molecule has 1 N–H and O–H groups in total. The first-order valence-corrected chi connectivity index (χ1v) is 6.46. The fourth-order valence-electron chi connectivity index (χ4n) is 2.48. The smallest absolute Gasteiger partial charge is 0.242 e. The molecule has 5 nitrogen and oxygen atoms in total. The molecular formula is C13H18N4O. The first-order chi connectivity index (χ1) is 8.79. The minimum Gasteiger partial charge on any atom is -0.338 e. The normalized spacial score (nSPS) is 17.9. The molecule has 1 aliphatic carbocycles. The van der Waals surface area contributed by atoms with Gasteiger partial charge in [-0.3, -0.25) is 9.48 Å². The summed E-state index contributed by atoms with van der Waals surface area (Å²) in [4.78, 5) is 11.8. The van der Waals surface area contributed by atoms with Gasteiger partial charge in [-0.05, 0) is 24.8 Å². The molecule has 1 aliphatic rings. The van der Waals surface area contributed by atoms with Gasteiger partial charge in [-0.1, -0.05) is 19.3 Å². The summed E-state index contributed by atoms with van der Waals surface area (Å²) in [5.74, 6) is 0.168. The SMILES string of the molecule is N#CC(NC(=O)Cn1cccn1)C1CCCCC1. The Morgan fingerprint density at radius 2 is 2.28 bits per heavy atom. The molecule has 1 fully saturated rings. The van der Waals surface area contributed by atoms with Gasteiger partial charge in [0, 0.05) is 12.4 Å². The van der Waals surface area contributed by atoms with Crippen LogP contribution < -0.4 is 5.32 Å². The van der Waals surface area contributed by atoms with Crippen molar-refractivity contribution in [1.82, 2.24) is 15.1 Å². The van der Waals surface area contributed by atoms with Crippen LogP contribution in [0.3, 0.4) is 0 Å². The van der Waals surface area contributed by atoms with Gasteiger partial charge in [-0.2, -0.15) is 10.4 Å². The number of hydrogen-bond donors (Lipinski definition) is 1. The molecule has 1 unspecified atom stereocenters. The second-order valence-corrected chi connectivity index (χ2v) is 4.78. The van der Waals surface area contributed by atoms with Crippen LogP contribution in [0.4, 0.5) is 0 Å². The van der Waals surface area contributed by atoms with Crippen molar-refractivity contribution in [2.75, 3.05) is 0 Å². The van der Waals surface area contributed by atoms with E-state index in [0.717, 1.165) is 25.7 Å². The maximum Gasteiger partial charge on any atom is 0.242 e. The van der Waals surface area contributed by atoms with E-state index in [9.17, 15) is 4.79 Å². The standard InChI is InChI=1S/C13H18N4O/c14-9-12(11-5-2-1-3-6-11)16-13(18)10-17-8-4-7-15-17/h4,7-8,11-12H,1-3,5-6,10H2,(H,16,18). The van der Waals surface area contributed by atoms with Crippen LogP contribution in [0.25, 0.3) is 0 Å². The van der Waals surface area contributed by atoms with E-state index in [4.69, 9.17) is 5.26 Å². The van der Waals surface area contributed by atoms with E-state index in [-0.39, 0.29) is 18.5 Å². The average molecular weight is 246 g/mol. The molecule has 1 heterocycles. The molecule has 0 radical (unpaired) electrons. The van der Waals surface area contributed by atoms with E-state index in [0.29, 0.717) is 5.92 Å². The molecule has 2 rings (SSSR count). The van der Waals surface area contributed by atoms with Crippen LogP contribution in [-0.2, 0) is 11.3 Å². The zero-order valence-corrected chi connectivity index (χ0v) is 10.4. The zero-order chi connectivity index (χ0) is 12.8. The van der Waals surface area contributed by atoms with Gasteiger partial charge < -0.3 is 5.32 Å². The van der Waals surface area contributed by atoms with Crippen molar-refractivity contribution < 1.29 is 4.79 Å². The summed E-state index contributed by atoms with van der Waals surface area (Å²) in [6, 6.07) is 3.64. The van der Waals surface area contributed by atoms with E-state index in [1.54, 1.807) is 23.1 Å². The second-order valence-electron chi connectivity index (χ2n) is 4.78. The molecule has 0 bridgehead atoms. The number of nitrogens with one attached hydrogen (secondary N) is 1. The highest BCUT2D eigenvalue weighted by molar-refractivity contribution is 5.76. The number of aromatic nitrogens is 2. The maximum absolute atomic E-state index is 11.8. The topological polar surface area (TPSA) is 70.7 Å². The number of nitrogens with zero attached hydrogens (tertiary/aromatic N) is 3. The molecule has 0 aromatic carbocycles. The number of carbonyl (C=O) groups is 1. The minimum absolute atomic E-state index is 0.143. The predicted octanol–water partition coefficient (Wildman–Crippen LogP) is 1.47. The molecule has 1 aromatic rings. The molecule has 1 atom stereocenters. The fraction of sp³-hybridized carbons (Fsp3) is 0.615. The van der Waals surface area contributed by atoms with Crippen LogP contribution in [0.1, 0.15) is 32.1 Å². The summed E-state index contributed by atoms with van der Waals surface area (Å²) in [5, 5.41) is 16.0. The molecule has 1 amide bonds. The molecule has 0 aliphatic heterocycles. The Morgan fingerprint density at radius 1 is 1.50 bits per heavy atom. The van der Waals surface area contributed by atoms with E-state index in [1.807, 2.05) is 0 Å². The van der Waals surface area contributed by atoms with Gasteiger partial charge in [0.2, 0.25) is 5.91 Å². The van der Waals surface area contributed by atoms with Crippen molar-refractivity contribution >= 4 is 5.91 Å². The summed E-state index contributed by atoms with van der Waals surface area (Å²) in [5.41, 5.74) is 0. The number of amides is 1. The number of nitriles is 1. The third kappa shape index (κ3) is 3.33. The minimum atomic E-state index is -0.353. The summed E-state index contributed by atoms with van der Waals surface area (Å²) < 4.78 is 1.56. The van der Waals surface area contributed by atoms with Crippen molar-refractivity contribution in [3.05, 3.63) is 18.5 Å². The third-order valence-electron chi connectivity index (χ3n) is 3.44. The summed E-state index contributed by atoms with van der Waals surface area (Å²) in [7, 11) is 0. The fourth-order valence-corrected chi connectivity index (χ4v) is 2.48. The Labute approximate surface area is 107 Å². The van der Waals surface area contributed by atoms with E-state index in [2.05, 4.69) is 16.5 Å². The predicted molar refractivity (Wildman–Crippen MR) is 66.3 cm³/mol. The largest absolute Gasteiger partial charge is 0.338 e. The van der Waals surface area contributed by atoms with Crippen LogP contribution in [-0.4, -0.2) is 21.7 Å². The van der Waals surface area contributed by atoms with Crippen molar-refractivity contribution in [2.24, 2.45) is 5.92 Å². The lowest BCUT2D eigenvalue weighted by Gasteiger charge is -2.26. The lowest BCUT2D eigenvalue weighted by Crippen LogP contribution is -2.41. The highest BCUT2D eigenvalue weighted by atomic mass is 16.2. The van der Waals surface area contributed by atoms with Gasteiger partial charge in [-0.15, -0.1) is 0 Å². The average Bonchev–Trinajstić information content (AvgIpc) is 2.90. The van der Waals surface area contributed by atoms with Crippen molar-refractivity contribution in [3.63, 3.8) is 0 Å². The van der Waals surface area contributed by atoms with Gasteiger partial charge in [0.25, 0.3) is 0 Å². The van der Waals surface area contributed by atoms with Crippen LogP contribution in [0.5, 0.6) is 0 Å². The first kappa shape index (κ1) is 12.6. The van der Waals surface area contributed by atoms with Crippen LogP contribution in [0.2, 0.25) is 0 Å². The summed E-state index contributed by atoms with van der Waals surface area (Å²) in [6.07, 6.45) is 9.03. The van der Waals surface area contributed by atoms with Crippen LogP contribution >= 0.6 is 0 Å². The Kier molecular flexibility index (Phi) is 4.35. The summed E-state index contributed by atoms with van der Waals surface area (Å²) >= 11 is 0. The monoisotopic (exact) mass is 246 g/mol. The molecule has 96 valence electrons. The van der Waals surface area contributed by atoms with Crippen LogP contribution in [0, 0.1) is 17.2 Å². The van der Waals surface area contributed by atoms with Crippen molar-refractivity contribution in [1.29, 1.82) is 5.26 Å². The molecule has 1 aromatic heterocycles. The van der Waals surface area contributed by atoms with Gasteiger partial charge in [0.1, 0.15) is 12.6 Å². The maximum atomic E-state index is 11.8. The lowest BCUT2D eigenvalue weighted by molar-refractivity contribution is -0.122. The molecule has 18 heavy (non-hydrogen) atoms. The highest BCUT2D eigenvalue weighted by Gasteiger charge is 2.24. The van der Waals surface area contributed by atoms with E-state index in [1.165, 1.54) is 6.42 Å². The van der Waals surface area contributed by atoms with Gasteiger partial charge in [-0.25, -0.2) is 0 Å². The van der Waals surface area contributed by atoms with E-state index >= 15 is 0 Å². The molecule has 5 heteroatoms. The Bertz CT molecular complexity index is 415. The zero-order valence-electron chi connectivity index (χ0n) is 10.4. The Hall–Kier alpha value is -1.83. The molecule has 0 spiro atoms. The van der Waals surface area contributed by atoms with Crippen molar-refractivity contribution in [3.8, 4) is 6.07 Å². The summed E-state index contributed by atoms with van der Waals surface area (Å²) in [6.45, 7) is 0.178. The van der Waals surface area contributed by atoms with Gasteiger partial charge in [0.05, 0.1) is 6.07 Å². The van der Waals surface area contributed by atoms with Gasteiger partial charge in [0.15, 0.2) is 0 Å². The van der Waals surface area contributed by atoms with Gasteiger partial charge >= 0.3 is 0 Å². The number of rotatable bonds is 4. The van der Waals surface area contributed by atoms with Crippen LogP contribution in [0.15, 0.2) is 18.5 Å². The highest BCUT2D eigenvalue weighted by Crippen LogP contribution is 2.26. The Balaban J connectivity index is 1.86. The lowest BCUT2D eigenvalue weighted by atomic mass is 9.84.